The van der Waals surface area contributed by atoms with Crippen molar-refractivity contribution in [3.63, 3.8) is 0 Å². The van der Waals surface area contributed by atoms with Crippen LogP contribution in [-0.2, 0) is 16.1 Å². The summed E-state index contributed by atoms with van der Waals surface area (Å²) in [5.74, 6) is -0.907. The van der Waals surface area contributed by atoms with Gasteiger partial charge in [-0.1, -0.05) is 18.6 Å². The van der Waals surface area contributed by atoms with Crippen LogP contribution in [0, 0.1) is 5.41 Å². The quantitative estimate of drug-likeness (QED) is 0.832. The lowest BCUT2D eigenvalue weighted by Crippen LogP contribution is -2.38. The lowest BCUT2D eigenvalue weighted by Gasteiger charge is -2.24. The molecule has 0 bridgehead atoms. The number of carbonyl (C=O) groups is 2. The third-order valence-corrected chi connectivity index (χ3v) is 3.66. The summed E-state index contributed by atoms with van der Waals surface area (Å²) in [5, 5.41) is 16.8. The van der Waals surface area contributed by atoms with Crippen LogP contribution in [0.5, 0.6) is 0 Å². The molecule has 1 fully saturated rings. The molecule has 0 spiro atoms. The summed E-state index contributed by atoms with van der Waals surface area (Å²) in [6, 6.07) is 0. The van der Waals surface area contributed by atoms with Gasteiger partial charge in [0, 0.05) is 19.3 Å². The summed E-state index contributed by atoms with van der Waals surface area (Å²) in [4.78, 5) is 25.1. The van der Waals surface area contributed by atoms with Gasteiger partial charge in [-0.05, 0) is 12.8 Å². The first-order chi connectivity index (χ1) is 9.07. The number of carbonyl (C=O) groups excluding carboxylic acids is 1. The summed E-state index contributed by atoms with van der Waals surface area (Å²) >= 11 is 0. The van der Waals surface area contributed by atoms with Crippen LogP contribution >= 0.6 is 0 Å². The van der Waals surface area contributed by atoms with Crippen LogP contribution in [-0.4, -0.2) is 50.0 Å². The number of aliphatic carboxylic acids is 1. The van der Waals surface area contributed by atoms with Crippen molar-refractivity contribution in [1.29, 1.82) is 0 Å². The highest BCUT2D eigenvalue weighted by Crippen LogP contribution is 2.35. The van der Waals surface area contributed by atoms with E-state index in [-0.39, 0.29) is 12.5 Å². The van der Waals surface area contributed by atoms with Gasteiger partial charge in [0.05, 0.1) is 11.6 Å². The Labute approximate surface area is 111 Å². The third-order valence-electron chi connectivity index (χ3n) is 3.66. The molecular formula is C12H18N4O3. The largest absolute Gasteiger partial charge is 0.481 e. The van der Waals surface area contributed by atoms with Crippen molar-refractivity contribution >= 4 is 11.9 Å². The molecule has 19 heavy (non-hydrogen) atoms. The second kappa shape index (κ2) is 5.38. The van der Waals surface area contributed by atoms with E-state index in [4.69, 9.17) is 0 Å². The van der Waals surface area contributed by atoms with Gasteiger partial charge in [0.15, 0.2) is 0 Å². The molecule has 0 aromatic carbocycles. The molecule has 1 unspecified atom stereocenters. The zero-order valence-corrected chi connectivity index (χ0v) is 10.9. The van der Waals surface area contributed by atoms with Gasteiger partial charge >= 0.3 is 5.97 Å². The number of likely N-dealkylation sites (tertiary alicyclic amines) is 1. The summed E-state index contributed by atoms with van der Waals surface area (Å²) in [6.45, 7) is 2.87. The average Bonchev–Trinajstić information content (AvgIpc) is 2.99. The predicted octanol–water partition coefficient (Wildman–Crippen LogP) is 0.381. The fourth-order valence-electron chi connectivity index (χ4n) is 2.61. The van der Waals surface area contributed by atoms with Crippen molar-refractivity contribution in [2.75, 3.05) is 13.1 Å². The van der Waals surface area contributed by atoms with Crippen LogP contribution < -0.4 is 0 Å². The maximum absolute atomic E-state index is 12.1. The highest BCUT2D eigenvalue weighted by molar-refractivity contribution is 5.80. The van der Waals surface area contributed by atoms with Crippen molar-refractivity contribution in [1.82, 2.24) is 19.9 Å². The first-order valence-corrected chi connectivity index (χ1v) is 6.43. The zero-order chi connectivity index (χ0) is 13.9. The first kappa shape index (κ1) is 13.5. The SMILES string of the molecule is CCCC1(C(=O)O)CCN(C(=O)Cn2ccnn2)C1. The van der Waals surface area contributed by atoms with E-state index >= 15 is 0 Å². The molecule has 7 heteroatoms. The molecule has 0 saturated carbocycles. The van der Waals surface area contributed by atoms with Gasteiger partial charge in [0.25, 0.3) is 0 Å². The van der Waals surface area contributed by atoms with E-state index in [1.54, 1.807) is 11.1 Å². The van der Waals surface area contributed by atoms with E-state index in [9.17, 15) is 14.7 Å². The maximum atomic E-state index is 12.1. The summed E-state index contributed by atoms with van der Waals surface area (Å²) in [6.07, 6.45) is 5.06. The van der Waals surface area contributed by atoms with Crippen molar-refractivity contribution < 1.29 is 14.7 Å². The van der Waals surface area contributed by atoms with E-state index in [1.165, 1.54) is 10.9 Å². The Balaban J connectivity index is 2.00. The van der Waals surface area contributed by atoms with Gasteiger partial charge < -0.3 is 10.0 Å². The monoisotopic (exact) mass is 266 g/mol. The van der Waals surface area contributed by atoms with Gasteiger partial charge in [0.2, 0.25) is 5.91 Å². The van der Waals surface area contributed by atoms with Crippen molar-refractivity contribution in [2.45, 2.75) is 32.7 Å². The minimum atomic E-state index is -0.801. The van der Waals surface area contributed by atoms with E-state index in [2.05, 4.69) is 10.3 Å². The standard InChI is InChI=1S/C12H18N4O3/c1-2-3-12(11(18)19)4-6-15(9-12)10(17)8-16-7-5-13-14-16/h5,7H,2-4,6,8-9H2,1H3,(H,18,19). The third kappa shape index (κ3) is 2.74. The number of hydrogen-bond acceptors (Lipinski definition) is 4. The number of carboxylic acids is 1. The second-order valence-electron chi connectivity index (χ2n) is 5.00. The summed E-state index contributed by atoms with van der Waals surface area (Å²) in [7, 11) is 0. The normalized spacial score (nSPS) is 22.7. The lowest BCUT2D eigenvalue weighted by atomic mass is 9.83. The Hall–Kier alpha value is -1.92. The van der Waals surface area contributed by atoms with E-state index in [1.807, 2.05) is 6.92 Å². The number of carboxylic acid groups (broad SMARTS) is 1. The molecule has 1 aliphatic heterocycles. The van der Waals surface area contributed by atoms with Gasteiger partial charge in [-0.2, -0.15) is 0 Å². The number of hydrogen-bond donors (Lipinski definition) is 1. The van der Waals surface area contributed by atoms with Crippen molar-refractivity contribution in [2.24, 2.45) is 5.41 Å². The fourth-order valence-corrected chi connectivity index (χ4v) is 2.61. The summed E-state index contributed by atoms with van der Waals surface area (Å²) in [5.41, 5.74) is -0.771. The Morgan fingerprint density at radius 3 is 2.84 bits per heavy atom. The molecule has 1 aromatic heterocycles. The molecule has 0 aliphatic carbocycles. The van der Waals surface area contributed by atoms with Crippen LogP contribution in [0.2, 0.25) is 0 Å². The average molecular weight is 266 g/mol. The fraction of sp³-hybridized carbons (Fsp3) is 0.667. The second-order valence-corrected chi connectivity index (χ2v) is 5.00. The molecule has 0 radical (unpaired) electrons. The van der Waals surface area contributed by atoms with Crippen LogP contribution in [0.4, 0.5) is 0 Å². The topological polar surface area (TPSA) is 88.3 Å². The van der Waals surface area contributed by atoms with Gasteiger partial charge in [-0.3, -0.25) is 9.59 Å². The highest BCUT2D eigenvalue weighted by atomic mass is 16.4. The van der Waals surface area contributed by atoms with Crippen LogP contribution in [0.25, 0.3) is 0 Å². The molecule has 7 nitrogen and oxygen atoms in total. The molecule has 2 rings (SSSR count). The Kier molecular flexibility index (Phi) is 3.82. The van der Waals surface area contributed by atoms with Crippen molar-refractivity contribution in [3.05, 3.63) is 12.4 Å². The molecule has 1 N–H and O–H groups in total. The minimum Gasteiger partial charge on any atom is -0.481 e. The number of amides is 1. The van der Waals surface area contributed by atoms with E-state index in [0.717, 1.165) is 6.42 Å². The number of aromatic nitrogens is 3. The summed E-state index contributed by atoms with van der Waals surface area (Å²) < 4.78 is 1.45. The molecule has 104 valence electrons. The number of rotatable bonds is 5. The maximum Gasteiger partial charge on any atom is 0.311 e. The van der Waals surface area contributed by atoms with E-state index in [0.29, 0.717) is 25.9 Å². The Morgan fingerprint density at radius 1 is 1.47 bits per heavy atom. The zero-order valence-electron chi connectivity index (χ0n) is 10.9. The van der Waals surface area contributed by atoms with Crippen LogP contribution in [0.3, 0.4) is 0 Å². The Morgan fingerprint density at radius 2 is 2.26 bits per heavy atom. The minimum absolute atomic E-state index is 0.107. The molecule has 1 aliphatic rings. The highest BCUT2D eigenvalue weighted by Gasteiger charge is 2.45. The predicted molar refractivity (Wildman–Crippen MR) is 66.2 cm³/mol. The Bertz CT molecular complexity index is 460. The van der Waals surface area contributed by atoms with Gasteiger partial charge in [-0.15, -0.1) is 5.10 Å². The first-order valence-electron chi connectivity index (χ1n) is 6.43. The molecule has 1 saturated heterocycles. The van der Waals surface area contributed by atoms with Gasteiger partial charge in [0.1, 0.15) is 6.54 Å². The van der Waals surface area contributed by atoms with E-state index < -0.39 is 11.4 Å². The van der Waals surface area contributed by atoms with Crippen LogP contribution in [0.15, 0.2) is 12.4 Å². The number of nitrogens with zero attached hydrogens (tertiary/aromatic N) is 4. The molecule has 1 aromatic rings. The van der Waals surface area contributed by atoms with Crippen molar-refractivity contribution in [3.8, 4) is 0 Å². The van der Waals surface area contributed by atoms with Gasteiger partial charge in [-0.25, -0.2) is 4.68 Å². The smallest absolute Gasteiger partial charge is 0.311 e. The lowest BCUT2D eigenvalue weighted by molar-refractivity contribution is -0.149. The molecule has 1 amide bonds. The molecule has 1 atom stereocenters. The molecule has 2 heterocycles. The van der Waals surface area contributed by atoms with Crippen LogP contribution in [0.1, 0.15) is 26.2 Å². The molecular weight excluding hydrogens is 248 g/mol.